The summed E-state index contributed by atoms with van der Waals surface area (Å²) in [7, 11) is -4.24. The molecule has 4 aromatic carbocycles. The molecule has 10 heteroatoms. The predicted molar refractivity (Wildman–Crippen MR) is 181 cm³/mol. The molecule has 0 unspecified atom stereocenters. The lowest BCUT2D eigenvalue weighted by Gasteiger charge is -2.34. The van der Waals surface area contributed by atoms with Crippen LogP contribution in [-0.2, 0) is 32.6 Å². The van der Waals surface area contributed by atoms with Gasteiger partial charge in [-0.2, -0.15) is 0 Å². The van der Waals surface area contributed by atoms with Crippen LogP contribution in [-0.4, -0.2) is 44.3 Å². The van der Waals surface area contributed by atoms with Gasteiger partial charge in [0.2, 0.25) is 11.8 Å². The number of nitrogens with zero attached hydrogens (tertiary/aromatic N) is 2. The molecule has 0 spiro atoms. The van der Waals surface area contributed by atoms with Gasteiger partial charge < -0.3 is 10.2 Å². The number of anilines is 1. The molecule has 2 amide bonds. The van der Waals surface area contributed by atoms with Gasteiger partial charge in [0.15, 0.2) is 0 Å². The van der Waals surface area contributed by atoms with Gasteiger partial charge in [-0.1, -0.05) is 109 Å². The maximum absolute atomic E-state index is 14.5. The highest BCUT2D eigenvalue weighted by Crippen LogP contribution is 2.31. The molecule has 4 rings (SSSR count). The Hall–Kier alpha value is -3.85. The third-order valence-corrected chi connectivity index (χ3v) is 9.58. The second kappa shape index (κ2) is 15.4. The molecule has 0 aliphatic heterocycles. The number of aryl methyl sites for hydroxylation is 1. The van der Waals surface area contributed by atoms with Crippen molar-refractivity contribution in [1.29, 1.82) is 0 Å². The molecule has 0 bridgehead atoms. The number of nitrogens with one attached hydrogen (secondary N) is 1. The quantitative estimate of drug-likeness (QED) is 0.168. The molecule has 0 aromatic heterocycles. The van der Waals surface area contributed by atoms with Gasteiger partial charge in [0.05, 0.1) is 15.6 Å². The van der Waals surface area contributed by atoms with E-state index in [2.05, 4.69) is 5.32 Å². The van der Waals surface area contributed by atoms with Crippen LogP contribution in [0.3, 0.4) is 0 Å². The summed E-state index contributed by atoms with van der Waals surface area (Å²) in [6.07, 6.45) is 0.223. The van der Waals surface area contributed by atoms with Crippen molar-refractivity contribution in [3.05, 3.63) is 130 Å². The maximum atomic E-state index is 14.5. The summed E-state index contributed by atoms with van der Waals surface area (Å²) in [5, 5.41) is 3.68. The van der Waals surface area contributed by atoms with E-state index in [9.17, 15) is 18.0 Å². The molecule has 0 saturated heterocycles. The minimum Gasteiger partial charge on any atom is -0.354 e. The van der Waals surface area contributed by atoms with Crippen LogP contribution in [0.4, 0.5) is 5.69 Å². The van der Waals surface area contributed by atoms with Crippen LogP contribution in [0.5, 0.6) is 0 Å². The molecule has 0 saturated carbocycles. The number of hydrogen-bond donors (Lipinski definition) is 1. The lowest BCUT2D eigenvalue weighted by molar-refractivity contribution is -0.140. The smallest absolute Gasteiger partial charge is 0.264 e. The van der Waals surface area contributed by atoms with Crippen molar-refractivity contribution in [2.75, 3.05) is 17.4 Å². The Kier molecular flexibility index (Phi) is 11.7. The van der Waals surface area contributed by atoms with E-state index in [1.807, 2.05) is 51.1 Å². The zero-order valence-corrected chi connectivity index (χ0v) is 27.8. The predicted octanol–water partition coefficient (Wildman–Crippen LogP) is 6.91. The molecule has 4 aromatic rings. The summed E-state index contributed by atoms with van der Waals surface area (Å²) >= 11 is 12.7. The summed E-state index contributed by atoms with van der Waals surface area (Å²) in [4.78, 5) is 29.8. The van der Waals surface area contributed by atoms with Gasteiger partial charge in [0, 0.05) is 24.5 Å². The molecule has 0 fully saturated rings. The molecule has 0 aliphatic rings. The Balaban J connectivity index is 1.80. The number of sulfonamides is 1. The van der Waals surface area contributed by atoms with Crippen molar-refractivity contribution < 1.29 is 18.0 Å². The molecule has 236 valence electrons. The van der Waals surface area contributed by atoms with Crippen LogP contribution in [0, 0.1) is 12.8 Å². The molecule has 45 heavy (non-hydrogen) atoms. The standard InChI is InChI=1S/C35H37Cl2N3O4S/c1-25(2)22-38-35(42)33(21-27-9-5-4-6-10-27)39(23-28-15-17-29(36)18-16-28)34(41)24-40(32-12-8-7-11-31(32)37)45(43,44)30-19-13-26(3)14-20-30/h4-20,25,33H,21-24H2,1-3H3,(H,38,42)/t33-/m1/s1. The fourth-order valence-corrected chi connectivity index (χ4v) is 6.61. The number of halogens is 2. The molecule has 1 N–H and O–H groups in total. The highest BCUT2D eigenvalue weighted by Gasteiger charge is 2.35. The number of benzene rings is 4. The summed E-state index contributed by atoms with van der Waals surface area (Å²) in [6, 6.07) is 28.3. The lowest BCUT2D eigenvalue weighted by atomic mass is 10.0. The van der Waals surface area contributed by atoms with E-state index in [1.165, 1.54) is 17.0 Å². The molecule has 1 atom stereocenters. The Morgan fingerprint density at radius 3 is 2.04 bits per heavy atom. The Labute approximate surface area is 275 Å². The SMILES string of the molecule is Cc1ccc(S(=O)(=O)N(CC(=O)N(Cc2ccc(Cl)cc2)[C@H](Cc2ccccc2)C(=O)NCC(C)C)c2ccccc2Cl)cc1. The highest BCUT2D eigenvalue weighted by molar-refractivity contribution is 7.92. The summed E-state index contributed by atoms with van der Waals surface area (Å²) in [6.45, 7) is 5.71. The Bertz CT molecular complexity index is 1700. The fourth-order valence-electron chi connectivity index (χ4n) is 4.77. The number of para-hydroxylation sites is 1. The van der Waals surface area contributed by atoms with Gasteiger partial charge >= 0.3 is 0 Å². The van der Waals surface area contributed by atoms with Crippen molar-refractivity contribution in [1.82, 2.24) is 10.2 Å². The van der Waals surface area contributed by atoms with E-state index < -0.39 is 28.5 Å². The topological polar surface area (TPSA) is 86.8 Å². The number of amides is 2. The van der Waals surface area contributed by atoms with Gasteiger partial charge in [-0.05, 0) is 60.4 Å². The zero-order chi connectivity index (χ0) is 32.6. The Morgan fingerprint density at radius 1 is 0.800 bits per heavy atom. The number of carbonyl (C=O) groups is 2. The second-order valence-corrected chi connectivity index (χ2v) is 14.0. The van der Waals surface area contributed by atoms with Gasteiger partial charge in [-0.3, -0.25) is 13.9 Å². The first kappa shape index (κ1) is 34.0. The van der Waals surface area contributed by atoms with Crippen LogP contribution >= 0.6 is 23.2 Å². The number of carbonyl (C=O) groups excluding carboxylic acids is 2. The van der Waals surface area contributed by atoms with E-state index in [0.717, 1.165) is 21.0 Å². The van der Waals surface area contributed by atoms with Crippen LogP contribution < -0.4 is 9.62 Å². The van der Waals surface area contributed by atoms with Crippen molar-refractivity contribution in [2.45, 2.75) is 44.7 Å². The lowest BCUT2D eigenvalue weighted by Crippen LogP contribution is -2.53. The monoisotopic (exact) mass is 665 g/mol. The van der Waals surface area contributed by atoms with E-state index in [-0.39, 0.29) is 40.4 Å². The van der Waals surface area contributed by atoms with Crippen LogP contribution in [0.25, 0.3) is 0 Å². The fraction of sp³-hybridized carbons (Fsp3) is 0.257. The minimum absolute atomic E-state index is 0.0144. The van der Waals surface area contributed by atoms with E-state index in [0.29, 0.717) is 11.6 Å². The summed E-state index contributed by atoms with van der Waals surface area (Å²) in [5.41, 5.74) is 2.63. The molecule has 0 aliphatic carbocycles. The van der Waals surface area contributed by atoms with Crippen molar-refractivity contribution in [2.24, 2.45) is 5.92 Å². The third-order valence-electron chi connectivity index (χ3n) is 7.23. The molecular weight excluding hydrogens is 629 g/mol. The second-order valence-electron chi connectivity index (χ2n) is 11.3. The molecule has 7 nitrogen and oxygen atoms in total. The van der Waals surface area contributed by atoms with Crippen LogP contribution in [0.1, 0.15) is 30.5 Å². The number of hydrogen-bond acceptors (Lipinski definition) is 4. The van der Waals surface area contributed by atoms with Crippen molar-refractivity contribution in [3.63, 3.8) is 0 Å². The zero-order valence-electron chi connectivity index (χ0n) is 25.5. The average molecular weight is 667 g/mol. The highest BCUT2D eigenvalue weighted by atomic mass is 35.5. The number of rotatable bonds is 13. The summed E-state index contributed by atoms with van der Waals surface area (Å²) in [5.74, 6) is -0.719. The van der Waals surface area contributed by atoms with Gasteiger partial charge in [-0.15, -0.1) is 0 Å². The normalized spacial score (nSPS) is 12.0. The van der Waals surface area contributed by atoms with Gasteiger partial charge in [-0.25, -0.2) is 8.42 Å². The largest absolute Gasteiger partial charge is 0.354 e. The molecular formula is C35H37Cl2N3O4S. The van der Waals surface area contributed by atoms with E-state index >= 15 is 0 Å². The van der Waals surface area contributed by atoms with Gasteiger partial charge in [0.25, 0.3) is 10.0 Å². The van der Waals surface area contributed by atoms with Crippen LogP contribution in [0.15, 0.2) is 108 Å². The first-order valence-corrected chi connectivity index (χ1v) is 16.8. The minimum atomic E-state index is -4.24. The van der Waals surface area contributed by atoms with Crippen LogP contribution in [0.2, 0.25) is 10.0 Å². The average Bonchev–Trinajstić information content (AvgIpc) is 3.02. The summed E-state index contributed by atoms with van der Waals surface area (Å²) < 4.78 is 29.3. The maximum Gasteiger partial charge on any atom is 0.264 e. The first-order chi connectivity index (χ1) is 21.5. The molecule has 0 radical (unpaired) electrons. The first-order valence-electron chi connectivity index (χ1n) is 14.6. The van der Waals surface area contributed by atoms with Crippen molar-refractivity contribution in [3.8, 4) is 0 Å². The van der Waals surface area contributed by atoms with E-state index in [1.54, 1.807) is 60.7 Å². The third kappa shape index (κ3) is 9.10. The van der Waals surface area contributed by atoms with Gasteiger partial charge in [0.1, 0.15) is 12.6 Å². The Morgan fingerprint density at radius 2 is 1.42 bits per heavy atom. The van der Waals surface area contributed by atoms with Crippen molar-refractivity contribution >= 4 is 50.7 Å². The molecule has 0 heterocycles. The van der Waals surface area contributed by atoms with E-state index in [4.69, 9.17) is 23.2 Å².